The van der Waals surface area contributed by atoms with Crippen molar-refractivity contribution in [3.63, 3.8) is 0 Å². The summed E-state index contributed by atoms with van der Waals surface area (Å²) in [5.74, 6) is -0.222. The van der Waals surface area contributed by atoms with E-state index in [2.05, 4.69) is 12.2 Å². The number of carbonyl (C=O) groups excluding carboxylic acids is 1. The van der Waals surface area contributed by atoms with Crippen LogP contribution in [0, 0.1) is 0 Å². The Morgan fingerprint density at radius 3 is 2.76 bits per heavy atom. The molecule has 0 bridgehead atoms. The van der Waals surface area contributed by atoms with E-state index in [1.54, 1.807) is 6.07 Å². The van der Waals surface area contributed by atoms with Gasteiger partial charge in [0.05, 0.1) is 5.69 Å². The van der Waals surface area contributed by atoms with Crippen molar-refractivity contribution in [2.24, 2.45) is 0 Å². The Morgan fingerprint density at radius 1 is 1.35 bits per heavy atom. The summed E-state index contributed by atoms with van der Waals surface area (Å²) >= 11 is 0. The lowest BCUT2D eigenvalue weighted by atomic mass is 10.1. The van der Waals surface area contributed by atoms with Crippen molar-refractivity contribution in [3.8, 4) is 5.75 Å². The first-order valence-electron chi connectivity index (χ1n) is 6.02. The number of anilines is 1. The maximum absolute atomic E-state index is 11.7. The fraction of sp³-hybridized carbons (Fsp3) is 0.462. The smallest absolute Gasteiger partial charge is 0.251 e. The number of hydrogen-bond acceptors (Lipinski definition) is 3. The van der Waals surface area contributed by atoms with E-state index >= 15 is 0 Å². The molecule has 0 saturated heterocycles. The molecule has 0 aliphatic heterocycles. The number of benzene rings is 1. The molecule has 4 nitrogen and oxygen atoms in total. The molecule has 0 fully saturated rings. The number of hydrogen-bond donors (Lipinski definition) is 3. The molecular formula is C13H20N2O2. The second kappa shape index (κ2) is 6.78. The summed E-state index contributed by atoms with van der Waals surface area (Å²) in [4.78, 5) is 11.7. The summed E-state index contributed by atoms with van der Waals surface area (Å²) in [5.41, 5.74) is 6.18. The molecule has 1 amide bonds. The van der Waals surface area contributed by atoms with Crippen LogP contribution in [0.5, 0.6) is 5.75 Å². The molecule has 0 atom stereocenters. The quantitative estimate of drug-likeness (QED) is 0.403. The molecule has 1 rings (SSSR count). The molecular weight excluding hydrogens is 216 g/mol. The summed E-state index contributed by atoms with van der Waals surface area (Å²) in [6.45, 7) is 2.82. The normalized spacial score (nSPS) is 10.2. The number of phenolic OH excluding ortho intramolecular Hbond substituents is 1. The van der Waals surface area contributed by atoms with Gasteiger partial charge in [0, 0.05) is 12.1 Å². The fourth-order valence-electron chi connectivity index (χ4n) is 1.54. The number of carbonyl (C=O) groups is 1. The van der Waals surface area contributed by atoms with E-state index in [4.69, 9.17) is 5.73 Å². The molecule has 4 N–H and O–H groups in total. The summed E-state index contributed by atoms with van der Waals surface area (Å²) in [6.07, 6.45) is 4.49. The first-order valence-corrected chi connectivity index (χ1v) is 6.02. The van der Waals surface area contributed by atoms with Crippen molar-refractivity contribution >= 4 is 11.6 Å². The highest BCUT2D eigenvalue weighted by molar-refractivity contribution is 5.95. The zero-order valence-electron chi connectivity index (χ0n) is 10.2. The molecule has 1 aromatic rings. The first-order chi connectivity index (χ1) is 8.15. The molecule has 94 valence electrons. The summed E-state index contributed by atoms with van der Waals surface area (Å²) in [6, 6.07) is 4.52. The van der Waals surface area contributed by atoms with Crippen LogP contribution in [0.2, 0.25) is 0 Å². The van der Waals surface area contributed by atoms with E-state index in [0.717, 1.165) is 12.8 Å². The second-order valence-corrected chi connectivity index (χ2v) is 4.09. The van der Waals surface area contributed by atoms with Crippen molar-refractivity contribution in [2.45, 2.75) is 32.6 Å². The molecule has 0 aliphatic rings. The first kappa shape index (κ1) is 13.4. The van der Waals surface area contributed by atoms with Crippen LogP contribution in [-0.4, -0.2) is 17.6 Å². The van der Waals surface area contributed by atoms with E-state index in [-0.39, 0.29) is 17.3 Å². The van der Waals surface area contributed by atoms with Gasteiger partial charge in [0.1, 0.15) is 5.75 Å². The van der Waals surface area contributed by atoms with Crippen molar-refractivity contribution in [1.29, 1.82) is 0 Å². The molecule has 1 aromatic carbocycles. The highest BCUT2D eigenvalue weighted by Crippen LogP contribution is 2.20. The van der Waals surface area contributed by atoms with Gasteiger partial charge in [-0.25, -0.2) is 0 Å². The van der Waals surface area contributed by atoms with Gasteiger partial charge in [-0.3, -0.25) is 4.79 Å². The third-order valence-electron chi connectivity index (χ3n) is 2.61. The molecule has 0 aliphatic carbocycles. The molecule has 0 saturated carbocycles. The average molecular weight is 236 g/mol. The largest absolute Gasteiger partial charge is 0.506 e. The summed E-state index contributed by atoms with van der Waals surface area (Å²) in [5, 5.41) is 12.2. The number of nitrogen functional groups attached to an aromatic ring is 1. The predicted octanol–water partition coefficient (Wildman–Crippen LogP) is 2.28. The number of rotatable bonds is 6. The Balaban J connectivity index is 2.39. The zero-order chi connectivity index (χ0) is 12.7. The Hall–Kier alpha value is -1.71. The van der Waals surface area contributed by atoms with E-state index < -0.39 is 0 Å². The lowest BCUT2D eigenvalue weighted by Gasteiger charge is -2.06. The van der Waals surface area contributed by atoms with Crippen LogP contribution in [-0.2, 0) is 0 Å². The third-order valence-corrected chi connectivity index (χ3v) is 2.61. The number of nitrogens with one attached hydrogen (secondary N) is 1. The summed E-state index contributed by atoms with van der Waals surface area (Å²) in [7, 11) is 0. The molecule has 17 heavy (non-hydrogen) atoms. The van der Waals surface area contributed by atoms with Crippen LogP contribution in [0.4, 0.5) is 5.69 Å². The Morgan fingerprint density at radius 2 is 2.12 bits per heavy atom. The maximum atomic E-state index is 11.7. The third kappa shape index (κ3) is 4.34. The fourth-order valence-corrected chi connectivity index (χ4v) is 1.54. The number of phenols is 1. The lowest BCUT2D eigenvalue weighted by molar-refractivity contribution is 0.0952. The van der Waals surface area contributed by atoms with Crippen LogP contribution in [0.15, 0.2) is 18.2 Å². The molecule has 0 unspecified atom stereocenters. The number of aromatic hydroxyl groups is 1. The Labute approximate surface area is 102 Å². The number of unbranched alkanes of at least 4 members (excludes halogenated alkanes) is 3. The van der Waals surface area contributed by atoms with E-state index in [0.29, 0.717) is 12.1 Å². The predicted molar refractivity (Wildman–Crippen MR) is 69.0 cm³/mol. The lowest BCUT2D eigenvalue weighted by Crippen LogP contribution is -2.24. The van der Waals surface area contributed by atoms with Crippen LogP contribution >= 0.6 is 0 Å². The monoisotopic (exact) mass is 236 g/mol. The Kier molecular flexibility index (Phi) is 5.33. The zero-order valence-corrected chi connectivity index (χ0v) is 10.2. The second-order valence-electron chi connectivity index (χ2n) is 4.09. The molecule has 0 spiro atoms. The highest BCUT2D eigenvalue weighted by atomic mass is 16.3. The highest BCUT2D eigenvalue weighted by Gasteiger charge is 2.06. The SMILES string of the molecule is CCCCCCNC(=O)c1ccc(N)c(O)c1. The average Bonchev–Trinajstić information content (AvgIpc) is 2.32. The Bertz CT molecular complexity index is 378. The number of amides is 1. The molecule has 0 radical (unpaired) electrons. The molecule has 0 aromatic heterocycles. The van der Waals surface area contributed by atoms with Gasteiger partial charge >= 0.3 is 0 Å². The molecule has 4 heteroatoms. The van der Waals surface area contributed by atoms with Crippen LogP contribution < -0.4 is 11.1 Å². The van der Waals surface area contributed by atoms with Crippen molar-refractivity contribution in [2.75, 3.05) is 12.3 Å². The van der Waals surface area contributed by atoms with Gasteiger partial charge in [0.15, 0.2) is 0 Å². The topological polar surface area (TPSA) is 75.4 Å². The minimum absolute atomic E-state index is 0.0522. The van der Waals surface area contributed by atoms with Gasteiger partial charge in [0.2, 0.25) is 0 Å². The van der Waals surface area contributed by atoms with Gasteiger partial charge in [-0.15, -0.1) is 0 Å². The van der Waals surface area contributed by atoms with Gasteiger partial charge in [-0.1, -0.05) is 26.2 Å². The van der Waals surface area contributed by atoms with Gasteiger partial charge < -0.3 is 16.2 Å². The van der Waals surface area contributed by atoms with Crippen LogP contribution in [0.25, 0.3) is 0 Å². The van der Waals surface area contributed by atoms with Gasteiger partial charge in [-0.2, -0.15) is 0 Å². The standard InChI is InChI=1S/C13H20N2O2/c1-2-3-4-5-8-15-13(17)10-6-7-11(14)12(16)9-10/h6-7,9,16H,2-5,8,14H2,1H3,(H,15,17). The van der Waals surface area contributed by atoms with Crippen LogP contribution in [0.1, 0.15) is 43.0 Å². The van der Waals surface area contributed by atoms with Gasteiger partial charge in [-0.05, 0) is 24.6 Å². The minimum Gasteiger partial charge on any atom is -0.506 e. The van der Waals surface area contributed by atoms with E-state index in [1.807, 2.05) is 0 Å². The minimum atomic E-state index is -0.170. The maximum Gasteiger partial charge on any atom is 0.251 e. The molecule has 0 heterocycles. The van der Waals surface area contributed by atoms with Crippen LogP contribution in [0.3, 0.4) is 0 Å². The van der Waals surface area contributed by atoms with Gasteiger partial charge in [0.25, 0.3) is 5.91 Å². The number of nitrogens with two attached hydrogens (primary N) is 1. The van der Waals surface area contributed by atoms with Crippen molar-refractivity contribution in [1.82, 2.24) is 5.32 Å². The van der Waals surface area contributed by atoms with E-state index in [9.17, 15) is 9.90 Å². The van der Waals surface area contributed by atoms with Crippen molar-refractivity contribution < 1.29 is 9.90 Å². The van der Waals surface area contributed by atoms with E-state index in [1.165, 1.54) is 25.0 Å². The van der Waals surface area contributed by atoms with Crippen molar-refractivity contribution in [3.05, 3.63) is 23.8 Å². The summed E-state index contributed by atoms with van der Waals surface area (Å²) < 4.78 is 0.